The van der Waals surface area contributed by atoms with Gasteiger partial charge in [-0.05, 0) is 25.5 Å². The molecule has 1 amide bonds. The lowest BCUT2D eigenvalue weighted by atomic mass is 10.3. The van der Waals surface area contributed by atoms with Crippen molar-refractivity contribution in [2.45, 2.75) is 32.7 Å². The molecule has 0 spiro atoms. The molecule has 1 heterocycles. The van der Waals surface area contributed by atoms with Gasteiger partial charge in [0.1, 0.15) is 11.9 Å². The van der Waals surface area contributed by atoms with E-state index in [4.69, 9.17) is 16.7 Å². The fourth-order valence-electron chi connectivity index (χ4n) is 1.97. The maximum Gasteiger partial charge on any atom is 0.325 e. The molecule has 2 N–H and O–H groups in total. The maximum atomic E-state index is 12.1. The van der Waals surface area contributed by atoms with Gasteiger partial charge in [0.2, 0.25) is 5.82 Å². The monoisotopic (exact) mass is 336 g/mol. The Morgan fingerprint density at radius 3 is 2.70 bits per heavy atom. The molecule has 8 heteroatoms. The van der Waals surface area contributed by atoms with Crippen molar-refractivity contribution in [3.05, 3.63) is 40.9 Å². The maximum absolute atomic E-state index is 12.1. The van der Waals surface area contributed by atoms with E-state index >= 15 is 0 Å². The normalized spacial score (nSPS) is 12.0. The second-order valence-electron chi connectivity index (χ2n) is 5.00. The van der Waals surface area contributed by atoms with Crippen LogP contribution in [0.15, 0.2) is 24.3 Å². The van der Waals surface area contributed by atoms with Gasteiger partial charge in [-0.2, -0.15) is 0 Å². The number of para-hydroxylation sites is 1. The number of rotatable bonds is 6. The molecular formula is C15H17ClN4O3. The van der Waals surface area contributed by atoms with E-state index < -0.39 is 17.9 Å². The van der Waals surface area contributed by atoms with E-state index in [0.29, 0.717) is 23.0 Å². The molecule has 0 saturated heterocycles. The van der Waals surface area contributed by atoms with Crippen molar-refractivity contribution in [1.29, 1.82) is 0 Å². The quantitative estimate of drug-likeness (QED) is 0.841. The Labute approximate surface area is 138 Å². The zero-order valence-corrected chi connectivity index (χ0v) is 13.5. The van der Waals surface area contributed by atoms with Crippen LogP contribution in [0.5, 0.6) is 0 Å². The number of carboxylic acids is 1. The fraction of sp³-hybridized carbons (Fsp3) is 0.333. The van der Waals surface area contributed by atoms with Gasteiger partial charge in [-0.1, -0.05) is 30.7 Å². The van der Waals surface area contributed by atoms with Crippen LogP contribution >= 0.6 is 11.6 Å². The molecule has 0 aliphatic heterocycles. The molecular weight excluding hydrogens is 320 g/mol. The van der Waals surface area contributed by atoms with Crippen LogP contribution in [0.25, 0.3) is 5.69 Å². The Morgan fingerprint density at radius 1 is 1.39 bits per heavy atom. The molecule has 1 atom stereocenters. The summed E-state index contributed by atoms with van der Waals surface area (Å²) in [4.78, 5) is 27.1. The first-order valence-electron chi connectivity index (χ1n) is 7.18. The number of carbonyl (C=O) groups is 2. The summed E-state index contributed by atoms with van der Waals surface area (Å²) < 4.78 is 1.52. The molecule has 7 nitrogen and oxygen atoms in total. The smallest absolute Gasteiger partial charge is 0.325 e. The van der Waals surface area contributed by atoms with Crippen molar-refractivity contribution in [3.63, 3.8) is 0 Å². The number of aliphatic carboxylic acids is 1. The van der Waals surface area contributed by atoms with Crippen molar-refractivity contribution < 1.29 is 14.7 Å². The number of hydrogen-bond donors (Lipinski definition) is 2. The van der Waals surface area contributed by atoms with Gasteiger partial charge in [-0.25, -0.2) is 9.67 Å². The fourth-order valence-corrected chi connectivity index (χ4v) is 2.18. The predicted molar refractivity (Wildman–Crippen MR) is 84.9 cm³/mol. The summed E-state index contributed by atoms with van der Waals surface area (Å²) in [6, 6.07) is 6.08. The Morgan fingerprint density at radius 2 is 2.09 bits per heavy atom. The number of hydrogen-bond acceptors (Lipinski definition) is 4. The third-order valence-electron chi connectivity index (χ3n) is 3.15. The molecule has 0 aliphatic rings. The number of carbonyl (C=O) groups excluding carboxylic acids is 1. The zero-order valence-electron chi connectivity index (χ0n) is 12.8. The molecule has 1 aromatic heterocycles. The molecule has 1 aromatic carbocycles. The molecule has 122 valence electrons. The van der Waals surface area contributed by atoms with Crippen LogP contribution in [-0.4, -0.2) is 37.8 Å². The summed E-state index contributed by atoms with van der Waals surface area (Å²) in [5.74, 6) is -1.25. The lowest BCUT2D eigenvalue weighted by Gasteiger charge is -2.07. The van der Waals surface area contributed by atoms with Gasteiger partial charge in [0.05, 0.1) is 10.7 Å². The van der Waals surface area contributed by atoms with Gasteiger partial charge in [0, 0.05) is 6.42 Å². The zero-order chi connectivity index (χ0) is 17.0. The van der Waals surface area contributed by atoms with Crippen LogP contribution < -0.4 is 5.32 Å². The number of nitrogens with one attached hydrogen (secondary N) is 1. The average Bonchev–Trinajstić information content (AvgIpc) is 2.92. The molecule has 2 rings (SSSR count). The summed E-state index contributed by atoms with van der Waals surface area (Å²) in [5, 5.41) is 15.9. The highest BCUT2D eigenvalue weighted by Crippen LogP contribution is 2.21. The minimum atomic E-state index is -1.13. The van der Waals surface area contributed by atoms with Crippen molar-refractivity contribution in [1.82, 2.24) is 20.1 Å². The molecule has 0 saturated carbocycles. The van der Waals surface area contributed by atoms with Crippen LogP contribution in [0.1, 0.15) is 36.7 Å². The van der Waals surface area contributed by atoms with Gasteiger partial charge in [-0.3, -0.25) is 9.59 Å². The van der Waals surface area contributed by atoms with Crippen molar-refractivity contribution in [3.8, 4) is 5.69 Å². The lowest BCUT2D eigenvalue weighted by Crippen LogP contribution is -2.38. The summed E-state index contributed by atoms with van der Waals surface area (Å²) in [6.45, 7) is 3.36. The highest BCUT2D eigenvalue weighted by molar-refractivity contribution is 6.32. The SMILES string of the molecule is CCCc1nc(C(=O)N[C@H](C)C(=O)O)nn1-c1ccccc1Cl. The Kier molecular flexibility index (Phi) is 5.33. The molecule has 23 heavy (non-hydrogen) atoms. The molecule has 0 fully saturated rings. The van der Waals surface area contributed by atoms with Crippen molar-refractivity contribution in [2.24, 2.45) is 0 Å². The first-order chi connectivity index (χ1) is 10.9. The second kappa shape index (κ2) is 7.23. The number of halogens is 1. The van der Waals surface area contributed by atoms with Gasteiger partial charge in [-0.15, -0.1) is 5.10 Å². The Bertz CT molecular complexity index is 729. The summed E-state index contributed by atoms with van der Waals surface area (Å²) in [7, 11) is 0. The number of amides is 1. The number of aryl methyl sites for hydroxylation is 1. The van der Waals surface area contributed by atoms with E-state index in [2.05, 4.69) is 15.4 Å². The first kappa shape index (κ1) is 17.0. The minimum Gasteiger partial charge on any atom is -0.480 e. The Hall–Kier alpha value is -2.41. The number of nitrogens with zero attached hydrogens (tertiary/aromatic N) is 3. The standard InChI is InChI=1S/C15H17ClN4O3/c1-3-6-12-18-13(14(21)17-9(2)15(22)23)19-20(12)11-8-5-4-7-10(11)16/h4-5,7-9H,3,6H2,1-2H3,(H,17,21)(H,22,23)/t9-/m1/s1. The van der Waals surface area contributed by atoms with Crippen molar-refractivity contribution in [2.75, 3.05) is 0 Å². The van der Waals surface area contributed by atoms with Gasteiger partial charge in [0.15, 0.2) is 0 Å². The number of aromatic nitrogens is 3. The van der Waals surface area contributed by atoms with Gasteiger partial charge < -0.3 is 10.4 Å². The topological polar surface area (TPSA) is 97.1 Å². The predicted octanol–water partition coefficient (Wildman–Crippen LogP) is 2.08. The van der Waals surface area contributed by atoms with Crippen LogP contribution in [0.3, 0.4) is 0 Å². The molecule has 0 aliphatic carbocycles. The third kappa shape index (κ3) is 3.87. The van der Waals surface area contributed by atoms with Gasteiger partial charge >= 0.3 is 5.97 Å². The van der Waals surface area contributed by atoms with Crippen LogP contribution in [0, 0.1) is 0 Å². The number of carboxylic acid groups (broad SMARTS) is 1. The van der Waals surface area contributed by atoms with Gasteiger partial charge in [0.25, 0.3) is 5.91 Å². The van der Waals surface area contributed by atoms with E-state index in [1.165, 1.54) is 11.6 Å². The van der Waals surface area contributed by atoms with E-state index in [9.17, 15) is 9.59 Å². The average molecular weight is 337 g/mol. The summed E-state index contributed by atoms with van der Waals surface area (Å²) in [6.07, 6.45) is 1.43. The largest absolute Gasteiger partial charge is 0.480 e. The summed E-state index contributed by atoms with van der Waals surface area (Å²) in [5.41, 5.74) is 0.621. The van der Waals surface area contributed by atoms with E-state index in [0.717, 1.165) is 6.42 Å². The molecule has 0 bridgehead atoms. The number of benzene rings is 1. The molecule has 0 unspecified atom stereocenters. The van der Waals surface area contributed by atoms with Crippen LogP contribution in [-0.2, 0) is 11.2 Å². The molecule has 0 radical (unpaired) electrons. The highest BCUT2D eigenvalue weighted by atomic mass is 35.5. The van der Waals surface area contributed by atoms with E-state index in [1.807, 2.05) is 13.0 Å². The van der Waals surface area contributed by atoms with E-state index in [-0.39, 0.29) is 5.82 Å². The second-order valence-corrected chi connectivity index (χ2v) is 5.41. The first-order valence-corrected chi connectivity index (χ1v) is 7.56. The molecule has 2 aromatic rings. The van der Waals surface area contributed by atoms with Crippen molar-refractivity contribution >= 4 is 23.5 Å². The van der Waals surface area contributed by atoms with E-state index in [1.54, 1.807) is 18.2 Å². The third-order valence-corrected chi connectivity index (χ3v) is 3.47. The van der Waals surface area contributed by atoms with Crippen LogP contribution in [0.2, 0.25) is 5.02 Å². The van der Waals surface area contributed by atoms with Crippen LogP contribution in [0.4, 0.5) is 0 Å². The highest BCUT2D eigenvalue weighted by Gasteiger charge is 2.21. The lowest BCUT2D eigenvalue weighted by molar-refractivity contribution is -0.138. The minimum absolute atomic E-state index is 0.0820. The summed E-state index contributed by atoms with van der Waals surface area (Å²) >= 11 is 6.18. The Balaban J connectivity index is 2.37.